The fourth-order valence-corrected chi connectivity index (χ4v) is 2.24. The summed E-state index contributed by atoms with van der Waals surface area (Å²) in [7, 11) is 0. The van der Waals surface area contributed by atoms with Crippen molar-refractivity contribution in [3.63, 3.8) is 0 Å². The number of amides is 1. The number of carbonyl (C=O) groups is 2. The number of aryl methyl sites for hydroxylation is 2. The lowest BCUT2D eigenvalue weighted by atomic mass is 10.1. The molecule has 0 spiro atoms. The lowest BCUT2D eigenvalue weighted by Gasteiger charge is -2.10. The number of benzene rings is 2. The molecular formula is C19H21NO4. The van der Waals surface area contributed by atoms with E-state index in [1.54, 1.807) is 31.2 Å². The van der Waals surface area contributed by atoms with Crippen LogP contribution in [0, 0.1) is 13.8 Å². The van der Waals surface area contributed by atoms with Crippen LogP contribution in [0.2, 0.25) is 0 Å². The number of rotatable bonds is 6. The number of anilines is 1. The van der Waals surface area contributed by atoms with Crippen molar-refractivity contribution in [1.82, 2.24) is 0 Å². The third kappa shape index (κ3) is 4.84. The molecule has 0 atom stereocenters. The molecule has 0 unspecified atom stereocenters. The molecule has 24 heavy (non-hydrogen) atoms. The van der Waals surface area contributed by atoms with E-state index in [-0.39, 0.29) is 12.5 Å². The number of ether oxygens (including phenoxy) is 2. The fourth-order valence-electron chi connectivity index (χ4n) is 2.24. The number of hydrogen-bond donors (Lipinski definition) is 1. The van der Waals surface area contributed by atoms with E-state index < -0.39 is 5.97 Å². The van der Waals surface area contributed by atoms with Gasteiger partial charge in [0.25, 0.3) is 5.91 Å². The highest BCUT2D eigenvalue weighted by molar-refractivity contribution is 5.95. The molecule has 0 fully saturated rings. The number of esters is 1. The summed E-state index contributed by atoms with van der Waals surface area (Å²) in [5, 5.41) is 2.71. The van der Waals surface area contributed by atoms with Crippen molar-refractivity contribution in [1.29, 1.82) is 0 Å². The minimum absolute atomic E-state index is 0.104. The summed E-state index contributed by atoms with van der Waals surface area (Å²) in [6, 6.07) is 12.4. The van der Waals surface area contributed by atoms with Crippen molar-refractivity contribution in [3.05, 3.63) is 59.2 Å². The molecule has 0 bridgehead atoms. The van der Waals surface area contributed by atoms with Gasteiger partial charge in [-0.2, -0.15) is 0 Å². The third-order valence-corrected chi connectivity index (χ3v) is 3.35. The molecular weight excluding hydrogens is 306 g/mol. The highest BCUT2D eigenvalue weighted by atomic mass is 16.5. The molecule has 1 N–H and O–H groups in total. The molecule has 0 saturated heterocycles. The smallest absolute Gasteiger partial charge is 0.338 e. The minimum Gasteiger partial charge on any atom is -0.483 e. The summed E-state index contributed by atoms with van der Waals surface area (Å²) >= 11 is 0. The molecule has 1 amide bonds. The van der Waals surface area contributed by atoms with Crippen LogP contribution in [0.15, 0.2) is 42.5 Å². The molecule has 0 heterocycles. The van der Waals surface area contributed by atoms with Crippen LogP contribution in [-0.2, 0) is 9.53 Å². The van der Waals surface area contributed by atoms with E-state index in [9.17, 15) is 9.59 Å². The van der Waals surface area contributed by atoms with Crippen LogP contribution in [0.4, 0.5) is 5.69 Å². The van der Waals surface area contributed by atoms with Gasteiger partial charge in [-0.25, -0.2) is 4.79 Å². The van der Waals surface area contributed by atoms with Gasteiger partial charge < -0.3 is 14.8 Å². The predicted molar refractivity (Wildman–Crippen MR) is 92.4 cm³/mol. The van der Waals surface area contributed by atoms with Crippen LogP contribution in [0.1, 0.15) is 28.4 Å². The van der Waals surface area contributed by atoms with Crippen molar-refractivity contribution in [2.75, 3.05) is 18.5 Å². The third-order valence-electron chi connectivity index (χ3n) is 3.35. The lowest BCUT2D eigenvalue weighted by molar-refractivity contribution is -0.118. The quantitative estimate of drug-likeness (QED) is 0.825. The number of carbonyl (C=O) groups excluding carboxylic acids is 2. The van der Waals surface area contributed by atoms with E-state index >= 15 is 0 Å². The molecule has 5 heteroatoms. The molecule has 0 aromatic heterocycles. The van der Waals surface area contributed by atoms with Gasteiger partial charge >= 0.3 is 5.97 Å². The van der Waals surface area contributed by atoms with Crippen molar-refractivity contribution in [2.24, 2.45) is 0 Å². The highest BCUT2D eigenvalue weighted by Gasteiger charge is 2.09. The van der Waals surface area contributed by atoms with Gasteiger partial charge in [0.1, 0.15) is 5.75 Å². The van der Waals surface area contributed by atoms with Crippen molar-refractivity contribution < 1.29 is 19.1 Å². The first-order chi connectivity index (χ1) is 11.5. The van der Waals surface area contributed by atoms with Gasteiger partial charge in [0.2, 0.25) is 0 Å². The fraction of sp³-hybridized carbons (Fsp3) is 0.263. The topological polar surface area (TPSA) is 64.6 Å². The van der Waals surface area contributed by atoms with Gasteiger partial charge in [-0.05, 0) is 50.6 Å². The highest BCUT2D eigenvalue weighted by Crippen LogP contribution is 2.18. The Morgan fingerprint density at radius 1 is 1.08 bits per heavy atom. The van der Waals surface area contributed by atoms with Crippen LogP contribution in [-0.4, -0.2) is 25.1 Å². The zero-order valence-electron chi connectivity index (χ0n) is 14.1. The molecule has 5 nitrogen and oxygen atoms in total. The zero-order chi connectivity index (χ0) is 17.5. The summed E-state index contributed by atoms with van der Waals surface area (Å²) in [5.74, 6) is -0.0351. The zero-order valence-corrected chi connectivity index (χ0v) is 14.1. The van der Waals surface area contributed by atoms with Gasteiger partial charge in [-0.1, -0.05) is 23.8 Å². The van der Waals surface area contributed by atoms with Crippen LogP contribution < -0.4 is 10.1 Å². The van der Waals surface area contributed by atoms with Crippen molar-refractivity contribution in [2.45, 2.75) is 20.8 Å². The van der Waals surface area contributed by atoms with E-state index in [2.05, 4.69) is 5.32 Å². The van der Waals surface area contributed by atoms with Gasteiger partial charge in [-0.15, -0.1) is 0 Å². The lowest BCUT2D eigenvalue weighted by Crippen LogP contribution is -2.20. The second-order valence-corrected chi connectivity index (χ2v) is 5.41. The Hall–Kier alpha value is -2.82. The maximum absolute atomic E-state index is 12.0. The van der Waals surface area contributed by atoms with Crippen LogP contribution in [0.5, 0.6) is 5.75 Å². The Kier molecular flexibility index (Phi) is 5.95. The second kappa shape index (κ2) is 8.15. The molecule has 2 aromatic rings. The Labute approximate surface area is 141 Å². The molecule has 2 aromatic carbocycles. The maximum atomic E-state index is 12.0. The van der Waals surface area contributed by atoms with Gasteiger partial charge in [0.05, 0.1) is 12.2 Å². The minimum atomic E-state index is -0.417. The van der Waals surface area contributed by atoms with E-state index in [0.717, 1.165) is 11.1 Å². The second-order valence-electron chi connectivity index (χ2n) is 5.41. The first-order valence-corrected chi connectivity index (χ1v) is 7.76. The van der Waals surface area contributed by atoms with Gasteiger partial charge in [0, 0.05) is 5.69 Å². The van der Waals surface area contributed by atoms with Crippen LogP contribution in [0.3, 0.4) is 0 Å². The van der Waals surface area contributed by atoms with E-state index in [1.165, 1.54) is 0 Å². The van der Waals surface area contributed by atoms with E-state index in [0.29, 0.717) is 23.6 Å². The average Bonchev–Trinajstić information content (AvgIpc) is 2.54. The first kappa shape index (κ1) is 17.5. The predicted octanol–water partition coefficient (Wildman–Crippen LogP) is 3.50. The number of nitrogens with one attached hydrogen (secondary N) is 1. The van der Waals surface area contributed by atoms with Crippen LogP contribution in [0.25, 0.3) is 0 Å². The monoisotopic (exact) mass is 327 g/mol. The average molecular weight is 327 g/mol. The van der Waals surface area contributed by atoms with E-state index in [1.807, 2.05) is 32.0 Å². The molecule has 0 aliphatic rings. The molecule has 0 saturated carbocycles. The van der Waals surface area contributed by atoms with Crippen molar-refractivity contribution in [3.8, 4) is 5.75 Å². The maximum Gasteiger partial charge on any atom is 0.338 e. The van der Waals surface area contributed by atoms with Gasteiger partial charge in [-0.3, -0.25) is 4.79 Å². The molecule has 2 rings (SSSR count). The van der Waals surface area contributed by atoms with Gasteiger partial charge in [0.15, 0.2) is 6.61 Å². The normalized spacial score (nSPS) is 10.1. The summed E-state index contributed by atoms with van der Waals surface area (Å²) in [6.07, 6.45) is 0. The van der Waals surface area contributed by atoms with E-state index in [4.69, 9.17) is 9.47 Å². The largest absolute Gasteiger partial charge is 0.483 e. The Morgan fingerprint density at radius 3 is 2.58 bits per heavy atom. The Morgan fingerprint density at radius 2 is 1.88 bits per heavy atom. The summed E-state index contributed by atoms with van der Waals surface area (Å²) in [4.78, 5) is 23.7. The Balaban J connectivity index is 1.95. The number of hydrogen-bond acceptors (Lipinski definition) is 4. The Bertz CT molecular complexity index is 740. The first-order valence-electron chi connectivity index (χ1n) is 7.76. The molecule has 0 aliphatic carbocycles. The summed E-state index contributed by atoms with van der Waals surface area (Å²) < 4.78 is 10.5. The van der Waals surface area contributed by atoms with Crippen LogP contribution >= 0.6 is 0 Å². The summed E-state index contributed by atoms with van der Waals surface area (Å²) in [6.45, 7) is 5.88. The summed E-state index contributed by atoms with van der Waals surface area (Å²) in [5.41, 5.74) is 3.03. The molecule has 126 valence electrons. The molecule has 0 aliphatic heterocycles. The standard InChI is InChI=1S/C19H21NO4/c1-4-23-19(22)15-6-5-7-16(11-15)20-18(21)12-24-17-9-8-13(2)10-14(17)3/h5-11H,4,12H2,1-3H3,(H,20,21). The molecule has 0 radical (unpaired) electrons. The van der Waals surface area contributed by atoms with Crippen molar-refractivity contribution >= 4 is 17.6 Å². The SMILES string of the molecule is CCOC(=O)c1cccc(NC(=O)COc2ccc(C)cc2C)c1.